The van der Waals surface area contributed by atoms with Gasteiger partial charge in [0.2, 0.25) is 5.78 Å². The summed E-state index contributed by atoms with van der Waals surface area (Å²) in [6, 6.07) is 30.9. The third-order valence-corrected chi connectivity index (χ3v) is 4.79. The van der Waals surface area contributed by atoms with Crippen LogP contribution in [0, 0.1) is 0 Å². The standard InChI is InChI=1S/C28H23NO3/c30-26(25-13-7-8-18-29-25)16-14-22-15-17-27(31-20-23-9-3-1-4-10-23)28(19-22)32-21-24-11-5-2-6-12-24/h1-19H,20-21H2/b16-14+. The van der Waals surface area contributed by atoms with E-state index in [2.05, 4.69) is 4.98 Å². The number of ketones is 1. The molecule has 158 valence electrons. The predicted octanol–water partition coefficient (Wildman–Crippen LogP) is 6.14. The molecule has 4 rings (SSSR count). The number of ether oxygens (including phenoxy) is 2. The molecule has 0 bridgehead atoms. The molecule has 0 aliphatic heterocycles. The van der Waals surface area contributed by atoms with E-state index in [9.17, 15) is 4.79 Å². The molecule has 0 N–H and O–H groups in total. The van der Waals surface area contributed by atoms with E-state index in [-0.39, 0.29) is 5.78 Å². The fourth-order valence-electron chi connectivity index (χ4n) is 3.10. The summed E-state index contributed by atoms with van der Waals surface area (Å²) < 4.78 is 12.1. The number of pyridine rings is 1. The van der Waals surface area contributed by atoms with Gasteiger partial charge in [0.1, 0.15) is 18.9 Å². The molecular weight excluding hydrogens is 398 g/mol. The van der Waals surface area contributed by atoms with Gasteiger partial charge in [0.05, 0.1) is 0 Å². The summed E-state index contributed by atoms with van der Waals surface area (Å²) in [6.07, 6.45) is 4.88. The second kappa shape index (κ2) is 10.7. The van der Waals surface area contributed by atoms with Crippen molar-refractivity contribution >= 4 is 11.9 Å². The maximum Gasteiger partial charge on any atom is 0.204 e. The van der Waals surface area contributed by atoms with Gasteiger partial charge in [-0.25, -0.2) is 0 Å². The summed E-state index contributed by atoms with van der Waals surface area (Å²) in [5.74, 6) is 1.12. The third-order valence-electron chi connectivity index (χ3n) is 4.79. The van der Waals surface area contributed by atoms with Crippen LogP contribution in [0.1, 0.15) is 27.2 Å². The largest absolute Gasteiger partial charge is 0.485 e. The van der Waals surface area contributed by atoms with Crippen molar-refractivity contribution in [1.82, 2.24) is 4.98 Å². The van der Waals surface area contributed by atoms with Gasteiger partial charge in [-0.05, 0) is 47.0 Å². The molecule has 32 heavy (non-hydrogen) atoms. The molecule has 0 aliphatic rings. The van der Waals surface area contributed by atoms with Gasteiger partial charge in [0, 0.05) is 6.20 Å². The summed E-state index contributed by atoms with van der Waals surface area (Å²) in [4.78, 5) is 16.4. The van der Waals surface area contributed by atoms with Crippen LogP contribution in [0.25, 0.3) is 6.08 Å². The highest BCUT2D eigenvalue weighted by Gasteiger charge is 2.08. The van der Waals surface area contributed by atoms with Gasteiger partial charge in [-0.15, -0.1) is 0 Å². The van der Waals surface area contributed by atoms with E-state index in [1.165, 1.54) is 6.08 Å². The van der Waals surface area contributed by atoms with Crippen LogP contribution in [0.2, 0.25) is 0 Å². The van der Waals surface area contributed by atoms with E-state index in [1.807, 2.05) is 78.9 Å². The quantitative estimate of drug-likeness (QED) is 0.241. The van der Waals surface area contributed by atoms with Crippen molar-refractivity contribution in [2.45, 2.75) is 13.2 Å². The van der Waals surface area contributed by atoms with Crippen molar-refractivity contribution in [3.05, 3.63) is 132 Å². The van der Waals surface area contributed by atoms with E-state index in [0.717, 1.165) is 16.7 Å². The highest BCUT2D eigenvalue weighted by Crippen LogP contribution is 2.30. The molecule has 4 nitrogen and oxygen atoms in total. The zero-order valence-electron chi connectivity index (χ0n) is 17.6. The van der Waals surface area contributed by atoms with Gasteiger partial charge in [-0.1, -0.05) is 78.9 Å². The fourth-order valence-corrected chi connectivity index (χ4v) is 3.10. The van der Waals surface area contributed by atoms with Gasteiger partial charge in [0.15, 0.2) is 11.5 Å². The maximum absolute atomic E-state index is 12.3. The Morgan fingerprint density at radius 1 is 0.719 bits per heavy atom. The average molecular weight is 421 g/mol. The fraction of sp³-hybridized carbons (Fsp3) is 0.0714. The van der Waals surface area contributed by atoms with Crippen LogP contribution in [0.3, 0.4) is 0 Å². The minimum atomic E-state index is -0.151. The molecule has 0 aliphatic carbocycles. The van der Waals surface area contributed by atoms with E-state index in [4.69, 9.17) is 9.47 Å². The Hall–Kier alpha value is -4.18. The molecule has 0 saturated heterocycles. The predicted molar refractivity (Wildman–Crippen MR) is 126 cm³/mol. The molecule has 0 atom stereocenters. The Morgan fingerprint density at radius 2 is 1.34 bits per heavy atom. The van der Waals surface area contributed by atoms with Crippen LogP contribution in [0.4, 0.5) is 0 Å². The van der Waals surface area contributed by atoms with Crippen molar-refractivity contribution < 1.29 is 14.3 Å². The summed E-state index contributed by atoms with van der Waals surface area (Å²) in [5, 5.41) is 0. The first-order valence-electron chi connectivity index (χ1n) is 10.4. The Bertz CT molecular complexity index is 1170. The zero-order chi connectivity index (χ0) is 22.0. The molecule has 3 aromatic carbocycles. The van der Waals surface area contributed by atoms with Crippen molar-refractivity contribution in [2.75, 3.05) is 0 Å². The number of hydrogen-bond donors (Lipinski definition) is 0. The van der Waals surface area contributed by atoms with Crippen LogP contribution in [-0.2, 0) is 13.2 Å². The van der Waals surface area contributed by atoms with Gasteiger partial charge in [0.25, 0.3) is 0 Å². The summed E-state index contributed by atoms with van der Waals surface area (Å²) in [7, 11) is 0. The minimum Gasteiger partial charge on any atom is -0.485 e. The van der Waals surface area contributed by atoms with Crippen LogP contribution in [0.15, 0.2) is 109 Å². The van der Waals surface area contributed by atoms with E-state index in [1.54, 1.807) is 30.5 Å². The first-order valence-corrected chi connectivity index (χ1v) is 10.4. The van der Waals surface area contributed by atoms with E-state index >= 15 is 0 Å². The molecule has 0 amide bonds. The molecule has 1 heterocycles. The second-order valence-corrected chi connectivity index (χ2v) is 7.17. The topological polar surface area (TPSA) is 48.4 Å². The number of allylic oxidation sites excluding steroid dienone is 1. The highest BCUT2D eigenvalue weighted by atomic mass is 16.5. The lowest BCUT2D eigenvalue weighted by molar-refractivity contribution is 0.104. The lowest BCUT2D eigenvalue weighted by Crippen LogP contribution is -2.01. The number of rotatable bonds is 9. The van der Waals surface area contributed by atoms with E-state index in [0.29, 0.717) is 30.4 Å². The van der Waals surface area contributed by atoms with Crippen molar-refractivity contribution in [3.63, 3.8) is 0 Å². The molecule has 0 saturated carbocycles. The number of carbonyl (C=O) groups excluding carboxylic acids is 1. The molecular formula is C28H23NO3. The Morgan fingerprint density at radius 3 is 1.97 bits per heavy atom. The Labute approximate surface area is 187 Å². The second-order valence-electron chi connectivity index (χ2n) is 7.17. The first-order chi connectivity index (χ1) is 15.8. The number of hydrogen-bond acceptors (Lipinski definition) is 4. The molecule has 4 aromatic rings. The smallest absolute Gasteiger partial charge is 0.204 e. The highest BCUT2D eigenvalue weighted by molar-refractivity contribution is 6.05. The minimum absolute atomic E-state index is 0.151. The first kappa shape index (κ1) is 21.1. The van der Waals surface area contributed by atoms with Crippen molar-refractivity contribution in [1.29, 1.82) is 0 Å². The number of carbonyl (C=O) groups is 1. The Balaban J connectivity index is 1.52. The average Bonchev–Trinajstić information content (AvgIpc) is 2.87. The lowest BCUT2D eigenvalue weighted by atomic mass is 10.1. The van der Waals surface area contributed by atoms with Crippen molar-refractivity contribution in [3.8, 4) is 11.5 Å². The molecule has 0 spiro atoms. The summed E-state index contributed by atoms with van der Waals surface area (Å²) in [5.41, 5.74) is 3.38. The zero-order valence-corrected chi connectivity index (χ0v) is 17.6. The number of nitrogens with zero attached hydrogens (tertiary/aromatic N) is 1. The normalized spacial score (nSPS) is 10.8. The molecule has 0 fully saturated rings. The van der Waals surface area contributed by atoms with Crippen LogP contribution in [-0.4, -0.2) is 10.8 Å². The summed E-state index contributed by atoms with van der Waals surface area (Å²) >= 11 is 0. The number of aromatic nitrogens is 1. The van der Waals surface area contributed by atoms with Crippen LogP contribution >= 0.6 is 0 Å². The van der Waals surface area contributed by atoms with Crippen LogP contribution < -0.4 is 9.47 Å². The lowest BCUT2D eigenvalue weighted by Gasteiger charge is -2.14. The van der Waals surface area contributed by atoms with E-state index < -0.39 is 0 Å². The van der Waals surface area contributed by atoms with Gasteiger partial charge >= 0.3 is 0 Å². The van der Waals surface area contributed by atoms with Crippen LogP contribution in [0.5, 0.6) is 11.5 Å². The molecule has 0 radical (unpaired) electrons. The number of benzene rings is 3. The SMILES string of the molecule is O=C(/C=C/c1ccc(OCc2ccccc2)c(OCc2ccccc2)c1)c1ccccn1. The monoisotopic (exact) mass is 421 g/mol. The third kappa shape index (κ3) is 5.92. The molecule has 4 heteroatoms. The summed E-state index contributed by atoms with van der Waals surface area (Å²) in [6.45, 7) is 0.860. The molecule has 0 unspecified atom stereocenters. The van der Waals surface area contributed by atoms with Gasteiger partial charge in [-0.2, -0.15) is 0 Å². The van der Waals surface area contributed by atoms with Gasteiger partial charge in [-0.3, -0.25) is 9.78 Å². The van der Waals surface area contributed by atoms with Crippen molar-refractivity contribution in [2.24, 2.45) is 0 Å². The van der Waals surface area contributed by atoms with Gasteiger partial charge < -0.3 is 9.47 Å². The Kier molecular flexibility index (Phi) is 7.06. The molecule has 1 aromatic heterocycles. The maximum atomic E-state index is 12.3.